The van der Waals surface area contributed by atoms with Crippen LogP contribution in [-0.4, -0.2) is 52.1 Å². The van der Waals surface area contributed by atoms with Crippen LogP contribution in [0.4, 0.5) is 10.8 Å². The van der Waals surface area contributed by atoms with Gasteiger partial charge in [-0.3, -0.25) is 9.59 Å². The Morgan fingerprint density at radius 3 is 2.58 bits per heavy atom. The summed E-state index contributed by atoms with van der Waals surface area (Å²) in [5.74, 6) is 1.37. The average molecular weight is 595 g/mol. The molecule has 2 aromatic heterocycles. The number of hydrogen-bond donors (Lipinski definition) is 2. The zero-order valence-corrected chi connectivity index (χ0v) is 23.1. The van der Waals surface area contributed by atoms with Gasteiger partial charge in [0.1, 0.15) is 0 Å². The van der Waals surface area contributed by atoms with Crippen molar-refractivity contribution in [2.75, 3.05) is 30.6 Å². The van der Waals surface area contributed by atoms with Crippen LogP contribution in [0.3, 0.4) is 0 Å². The second-order valence-corrected chi connectivity index (χ2v) is 10.5. The third kappa shape index (κ3) is 7.34. The number of nitrogens with zero attached hydrogens (tertiary/aromatic N) is 4. The lowest BCUT2D eigenvalue weighted by atomic mass is 10.2. The minimum atomic E-state index is -0.291. The second-order valence-electron chi connectivity index (χ2n) is 7.47. The number of carbonyl (C=O) groups is 2. The zero-order chi connectivity index (χ0) is 27.1. The lowest BCUT2D eigenvalue weighted by molar-refractivity contribution is -0.116. The molecule has 0 radical (unpaired) electrons. The van der Waals surface area contributed by atoms with Crippen molar-refractivity contribution in [3.8, 4) is 22.9 Å². The van der Waals surface area contributed by atoms with Crippen molar-refractivity contribution >= 4 is 68.9 Å². The van der Waals surface area contributed by atoms with Crippen LogP contribution in [0.15, 0.2) is 45.3 Å². The number of ether oxygens (including phenoxy) is 2. The Hall–Kier alpha value is -3.39. The Morgan fingerprint density at radius 1 is 1.00 bits per heavy atom. The van der Waals surface area contributed by atoms with Crippen LogP contribution in [0.5, 0.6) is 11.5 Å². The van der Waals surface area contributed by atoms with Gasteiger partial charge in [0.15, 0.2) is 15.8 Å². The highest BCUT2D eigenvalue weighted by Crippen LogP contribution is 2.31. The summed E-state index contributed by atoms with van der Waals surface area (Å²) in [6.07, 6.45) is 0.336. The second kappa shape index (κ2) is 12.9. The minimum Gasteiger partial charge on any atom is -0.493 e. The first-order valence-electron chi connectivity index (χ1n) is 10.9. The molecule has 0 saturated carbocycles. The first kappa shape index (κ1) is 27.6. The van der Waals surface area contributed by atoms with Crippen LogP contribution < -0.4 is 20.1 Å². The molecular formula is C23H20Cl2N6O5S2. The molecular weight excluding hydrogens is 575 g/mol. The molecule has 2 N–H and O–H groups in total. The van der Waals surface area contributed by atoms with Crippen LogP contribution >= 0.6 is 46.3 Å². The zero-order valence-electron chi connectivity index (χ0n) is 20.0. The van der Waals surface area contributed by atoms with Gasteiger partial charge in [-0.05, 0) is 36.4 Å². The molecule has 2 aromatic carbocycles. The molecule has 4 aromatic rings. The van der Waals surface area contributed by atoms with Gasteiger partial charge in [0.2, 0.25) is 28.7 Å². The maximum absolute atomic E-state index is 12.4. The summed E-state index contributed by atoms with van der Waals surface area (Å²) in [4.78, 5) is 28.9. The van der Waals surface area contributed by atoms with E-state index in [9.17, 15) is 9.59 Å². The number of benzene rings is 2. The lowest BCUT2D eigenvalue weighted by Crippen LogP contribution is -2.13. The molecule has 0 spiro atoms. The van der Waals surface area contributed by atoms with Gasteiger partial charge in [-0.25, -0.2) is 0 Å². The number of amides is 2. The number of rotatable bonds is 11. The number of aryl methyl sites for hydroxylation is 1. The third-order valence-corrected chi connectivity index (χ3v) is 7.57. The van der Waals surface area contributed by atoms with E-state index in [1.807, 2.05) is 0 Å². The van der Waals surface area contributed by atoms with Crippen LogP contribution in [0.2, 0.25) is 10.0 Å². The Balaban J connectivity index is 1.23. The van der Waals surface area contributed by atoms with Crippen molar-refractivity contribution in [1.29, 1.82) is 0 Å². The summed E-state index contributed by atoms with van der Waals surface area (Å²) in [7, 11) is 3.09. The summed E-state index contributed by atoms with van der Waals surface area (Å²) < 4.78 is 16.3. The van der Waals surface area contributed by atoms with Crippen LogP contribution in [0.25, 0.3) is 11.4 Å². The highest BCUT2D eigenvalue weighted by molar-refractivity contribution is 8.01. The molecule has 2 amide bonds. The Morgan fingerprint density at radius 2 is 1.82 bits per heavy atom. The third-order valence-electron chi connectivity index (χ3n) is 4.86. The molecule has 15 heteroatoms. The molecule has 0 saturated heterocycles. The fraction of sp³-hybridized carbons (Fsp3) is 0.217. The van der Waals surface area contributed by atoms with Crippen molar-refractivity contribution in [2.45, 2.75) is 17.2 Å². The van der Waals surface area contributed by atoms with Crippen molar-refractivity contribution in [3.05, 3.63) is 52.3 Å². The highest BCUT2D eigenvalue weighted by Gasteiger charge is 2.15. The van der Waals surface area contributed by atoms with Crippen molar-refractivity contribution in [2.24, 2.45) is 0 Å². The summed E-state index contributed by atoms with van der Waals surface area (Å²) in [5.41, 5.74) is 1.22. The Bertz CT molecular complexity index is 1450. The molecule has 38 heavy (non-hydrogen) atoms. The normalized spacial score (nSPS) is 10.7. The van der Waals surface area contributed by atoms with Crippen LogP contribution in [0, 0.1) is 0 Å². The van der Waals surface area contributed by atoms with Crippen LogP contribution in [-0.2, 0) is 16.0 Å². The molecule has 0 atom stereocenters. The smallest absolute Gasteiger partial charge is 0.234 e. The van der Waals surface area contributed by atoms with Crippen LogP contribution in [0.1, 0.15) is 12.3 Å². The molecule has 198 valence electrons. The molecule has 2 heterocycles. The number of methoxy groups -OCH3 is 2. The molecule has 0 aliphatic carbocycles. The quantitative estimate of drug-likeness (QED) is 0.175. The number of aromatic nitrogens is 4. The van der Waals surface area contributed by atoms with Gasteiger partial charge in [-0.15, -0.1) is 10.2 Å². The standard InChI is InChI=1S/C23H20Cl2N6O5S2/c1-34-16-6-3-12(9-17(16)35-2)21-28-20(36-31-21)8-7-18(32)27-22-29-30-23(38-22)37-11-19(33)26-13-4-5-14(24)15(25)10-13/h3-6,9-10H,7-8,11H2,1-2H3,(H,26,33)(H,27,29,32). The molecule has 0 unspecified atom stereocenters. The first-order chi connectivity index (χ1) is 18.3. The number of thioether (sulfide) groups is 1. The van der Waals surface area contributed by atoms with Gasteiger partial charge in [0, 0.05) is 24.1 Å². The van der Waals surface area contributed by atoms with Gasteiger partial charge in [0.05, 0.1) is 30.0 Å². The fourth-order valence-corrected chi connectivity index (χ4v) is 4.93. The van der Waals surface area contributed by atoms with Gasteiger partial charge < -0.3 is 24.6 Å². The van der Waals surface area contributed by atoms with E-state index in [0.717, 1.165) is 11.3 Å². The predicted molar refractivity (Wildman–Crippen MR) is 146 cm³/mol. The summed E-state index contributed by atoms with van der Waals surface area (Å²) in [5, 5.41) is 18.4. The van der Waals surface area contributed by atoms with E-state index < -0.39 is 0 Å². The monoisotopic (exact) mass is 594 g/mol. The SMILES string of the molecule is COc1ccc(-c2noc(CCC(=O)Nc3nnc(SCC(=O)Nc4ccc(Cl)c(Cl)c4)s3)n2)cc1OC. The van der Waals surface area contributed by atoms with E-state index in [1.165, 1.54) is 18.9 Å². The van der Waals surface area contributed by atoms with Crippen molar-refractivity contribution in [3.63, 3.8) is 0 Å². The average Bonchev–Trinajstić information content (AvgIpc) is 3.57. The number of halogens is 2. The number of hydrogen-bond acceptors (Lipinski definition) is 11. The van der Waals surface area contributed by atoms with E-state index >= 15 is 0 Å². The fourth-order valence-electron chi connectivity index (χ4n) is 3.07. The van der Waals surface area contributed by atoms with Gasteiger partial charge in [0.25, 0.3) is 0 Å². The summed E-state index contributed by atoms with van der Waals surface area (Å²) in [6.45, 7) is 0. The molecule has 0 fully saturated rings. The maximum Gasteiger partial charge on any atom is 0.234 e. The molecule has 11 nitrogen and oxygen atoms in total. The van der Waals surface area contributed by atoms with E-state index in [1.54, 1.807) is 43.5 Å². The van der Waals surface area contributed by atoms with Gasteiger partial charge in [-0.2, -0.15) is 4.98 Å². The minimum absolute atomic E-state index is 0.0989. The Kier molecular flexibility index (Phi) is 9.39. The van der Waals surface area contributed by atoms with E-state index in [0.29, 0.717) is 54.0 Å². The maximum atomic E-state index is 12.4. The van der Waals surface area contributed by atoms with E-state index in [-0.39, 0.29) is 30.4 Å². The first-order valence-corrected chi connectivity index (χ1v) is 13.5. The molecule has 0 aliphatic heterocycles. The summed E-state index contributed by atoms with van der Waals surface area (Å²) in [6, 6.07) is 10.1. The molecule has 0 aliphatic rings. The van der Waals surface area contributed by atoms with Crippen molar-refractivity contribution in [1.82, 2.24) is 20.3 Å². The number of anilines is 2. The van der Waals surface area contributed by atoms with E-state index in [4.69, 9.17) is 37.2 Å². The largest absolute Gasteiger partial charge is 0.493 e. The van der Waals surface area contributed by atoms with E-state index in [2.05, 4.69) is 31.0 Å². The highest BCUT2D eigenvalue weighted by atomic mass is 35.5. The lowest BCUT2D eigenvalue weighted by Gasteiger charge is -2.07. The number of carbonyl (C=O) groups excluding carboxylic acids is 2. The molecule has 0 bridgehead atoms. The van der Waals surface area contributed by atoms with Gasteiger partial charge in [-0.1, -0.05) is 51.5 Å². The number of nitrogens with one attached hydrogen (secondary N) is 2. The molecule has 4 rings (SSSR count). The predicted octanol–water partition coefficient (Wildman–Crippen LogP) is 5.21. The van der Waals surface area contributed by atoms with Gasteiger partial charge >= 0.3 is 0 Å². The van der Waals surface area contributed by atoms with Crippen molar-refractivity contribution < 1.29 is 23.6 Å². The Labute approximate surface area is 235 Å². The summed E-state index contributed by atoms with van der Waals surface area (Å²) >= 11 is 14.2. The topological polar surface area (TPSA) is 141 Å².